The fourth-order valence-electron chi connectivity index (χ4n) is 2.81. The standard InChI is InChI=1S/C20H20BrNO4S/c1-20(2,3)26-15(23)11-22-13-10-14(19(24)25-4)27-17(13)16(18(22)21)12-8-6-5-7-9-12/h5-10H,11H2,1-4H3. The second-order valence-corrected chi connectivity index (χ2v) is 8.82. The molecule has 1 aromatic carbocycles. The molecule has 27 heavy (non-hydrogen) atoms. The van der Waals surface area contributed by atoms with Gasteiger partial charge in [0.25, 0.3) is 0 Å². The third-order valence-electron chi connectivity index (χ3n) is 3.83. The van der Waals surface area contributed by atoms with Crippen LogP contribution in [0.1, 0.15) is 30.4 Å². The minimum atomic E-state index is -0.566. The maximum absolute atomic E-state index is 12.4. The highest BCUT2D eigenvalue weighted by Crippen LogP contribution is 2.42. The lowest BCUT2D eigenvalue weighted by molar-refractivity contribution is -0.155. The molecular weight excluding hydrogens is 430 g/mol. The molecule has 0 N–H and O–H groups in total. The molecule has 5 nitrogen and oxygen atoms in total. The van der Waals surface area contributed by atoms with Gasteiger partial charge in [0.1, 0.15) is 17.0 Å². The first-order chi connectivity index (χ1) is 12.7. The number of thiophene rings is 1. The van der Waals surface area contributed by atoms with Gasteiger partial charge in [-0.15, -0.1) is 11.3 Å². The van der Waals surface area contributed by atoms with Gasteiger partial charge in [-0.2, -0.15) is 0 Å². The number of carbonyl (C=O) groups is 2. The molecule has 0 aliphatic heterocycles. The topological polar surface area (TPSA) is 57.5 Å². The van der Waals surface area contributed by atoms with E-state index in [1.165, 1.54) is 18.4 Å². The highest BCUT2D eigenvalue weighted by atomic mass is 79.9. The maximum atomic E-state index is 12.4. The average Bonchev–Trinajstić information content (AvgIpc) is 3.12. The smallest absolute Gasteiger partial charge is 0.348 e. The fourth-order valence-corrected chi connectivity index (χ4v) is 4.83. The quantitative estimate of drug-likeness (QED) is 0.509. The van der Waals surface area contributed by atoms with Gasteiger partial charge in [-0.3, -0.25) is 4.79 Å². The lowest BCUT2D eigenvalue weighted by atomic mass is 10.1. The summed E-state index contributed by atoms with van der Waals surface area (Å²) in [6.07, 6.45) is 0. The van der Waals surface area contributed by atoms with Gasteiger partial charge in [0.2, 0.25) is 0 Å². The number of benzene rings is 1. The molecule has 0 spiro atoms. The van der Waals surface area contributed by atoms with Crippen molar-refractivity contribution in [3.63, 3.8) is 0 Å². The van der Waals surface area contributed by atoms with Crippen LogP contribution in [0.25, 0.3) is 21.3 Å². The summed E-state index contributed by atoms with van der Waals surface area (Å²) in [4.78, 5) is 24.9. The van der Waals surface area contributed by atoms with E-state index in [1.807, 2.05) is 55.7 Å². The maximum Gasteiger partial charge on any atom is 0.348 e. The van der Waals surface area contributed by atoms with E-state index in [9.17, 15) is 9.59 Å². The summed E-state index contributed by atoms with van der Waals surface area (Å²) in [5.41, 5.74) is 2.16. The predicted octanol–water partition coefficient (Wildman–Crippen LogP) is 5.26. The molecule has 0 bridgehead atoms. The number of rotatable bonds is 4. The molecule has 7 heteroatoms. The Bertz CT molecular complexity index is 999. The zero-order chi connectivity index (χ0) is 19.8. The highest BCUT2D eigenvalue weighted by molar-refractivity contribution is 9.10. The number of halogens is 1. The Labute approximate surface area is 170 Å². The van der Waals surface area contributed by atoms with Crippen LogP contribution in [0.5, 0.6) is 0 Å². The zero-order valence-corrected chi connectivity index (χ0v) is 17.9. The predicted molar refractivity (Wildman–Crippen MR) is 110 cm³/mol. The number of fused-ring (bicyclic) bond motifs is 1. The molecule has 0 saturated heterocycles. The van der Waals surface area contributed by atoms with Gasteiger partial charge in [0.05, 0.1) is 21.9 Å². The summed E-state index contributed by atoms with van der Waals surface area (Å²) >= 11 is 4.99. The molecule has 0 aliphatic carbocycles. The van der Waals surface area contributed by atoms with E-state index in [2.05, 4.69) is 15.9 Å². The van der Waals surface area contributed by atoms with Crippen LogP contribution < -0.4 is 0 Å². The second kappa shape index (κ2) is 7.48. The minimum absolute atomic E-state index is 0.0402. The van der Waals surface area contributed by atoms with Crippen molar-refractivity contribution in [2.24, 2.45) is 0 Å². The van der Waals surface area contributed by atoms with Crippen LogP contribution in [0.3, 0.4) is 0 Å². The van der Waals surface area contributed by atoms with E-state index in [4.69, 9.17) is 9.47 Å². The Kier molecular flexibility index (Phi) is 5.44. The number of esters is 2. The minimum Gasteiger partial charge on any atom is -0.465 e. The molecule has 0 saturated carbocycles. The van der Waals surface area contributed by atoms with Gasteiger partial charge in [0, 0.05) is 5.56 Å². The van der Waals surface area contributed by atoms with Gasteiger partial charge >= 0.3 is 11.9 Å². The average molecular weight is 450 g/mol. The monoisotopic (exact) mass is 449 g/mol. The number of carbonyl (C=O) groups excluding carboxylic acids is 2. The number of hydrogen-bond acceptors (Lipinski definition) is 5. The molecule has 2 heterocycles. The first kappa shape index (κ1) is 19.6. The van der Waals surface area contributed by atoms with Crippen molar-refractivity contribution in [3.05, 3.63) is 45.9 Å². The fraction of sp³-hybridized carbons (Fsp3) is 0.300. The lowest BCUT2D eigenvalue weighted by Crippen LogP contribution is -2.26. The van der Waals surface area contributed by atoms with E-state index in [0.717, 1.165) is 25.9 Å². The molecule has 0 aliphatic rings. The first-order valence-corrected chi connectivity index (χ1v) is 9.99. The molecule has 0 radical (unpaired) electrons. The van der Waals surface area contributed by atoms with Crippen LogP contribution in [0.4, 0.5) is 0 Å². The van der Waals surface area contributed by atoms with Crippen molar-refractivity contribution in [3.8, 4) is 11.1 Å². The van der Waals surface area contributed by atoms with Crippen LogP contribution >= 0.6 is 27.3 Å². The van der Waals surface area contributed by atoms with Gasteiger partial charge in [0.15, 0.2) is 0 Å². The molecule has 0 fully saturated rings. The van der Waals surface area contributed by atoms with Crippen LogP contribution in [-0.4, -0.2) is 29.2 Å². The van der Waals surface area contributed by atoms with Gasteiger partial charge < -0.3 is 14.0 Å². The Morgan fingerprint density at radius 3 is 2.44 bits per heavy atom. The first-order valence-electron chi connectivity index (χ1n) is 8.38. The van der Waals surface area contributed by atoms with E-state index in [1.54, 1.807) is 6.07 Å². The van der Waals surface area contributed by atoms with E-state index in [0.29, 0.717) is 4.88 Å². The van der Waals surface area contributed by atoms with E-state index >= 15 is 0 Å². The summed E-state index contributed by atoms with van der Waals surface area (Å²) in [5.74, 6) is -0.735. The molecule has 0 amide bonds. The van der Waals surface area contributed by atoms with Crippen LogP contribution in [0, 0.1) is 0 Å². The number of aromatic nitrogens is 1. The number of ether oxygens (including phenoxy) is 2. The van der Waals surface area contributed by atoms with Gasteiger partial charge in [-0.1, -0.05) is 30.3 Å². The van der Waals surface area contributed by atoms with Crippen molar-refractivity contribution >= 4 is 49.4 Å². The summed E-state index contributed by atoms with van der Waals surface area (Å²) in [6, 6.07) is 11.6. The second-order valence-electron chi connectivity index (χ2n) is 7.02. The lowest BCUT2D eigenvalue weighted by Gasteiger charge is -2.20. The van der Waals surface area contributed by atoms with Gasteiger partial charge in [-0.05, 0) is 48.3 Å². The highest BCUT2D eigenvalue weighted by Gasteiger charge is 2.25. The summed E-state index contributed by atoms with van der Waals surface area (Å²) < 4.78 is 13.8. The van der Waals surface area contributed by atoms with Crippen LogP contribution in [0.2, 0.25) is 0 Å². The van der Waals surface area contributed by atoms with E-state index < -0.39 is 11.6 Å². The molecular formula is C20H20BrNO4S. The van der Waals surface area contributed by atoms with Crippen molar-refractivity contribution in [1.82, 2.24) is 4.57 Å². The Morgan fingerprint density at radius 2 is 1.85 bits per heavy atom. The third kappa shape index (κ3) is 4.09. The SMILES string of the molecule is COC(=O)c1cc2c(s1)c(-c1ccccc1)c(Br)n2CC(=O)OC(C)(C)C. The molecule has 142 valence electrons. The summed E-state index contributed by atoms with van der Waals surface area (Å²) in [6.45, 7) is 5.54. The van der Waals surface area contributed by atoms with Crippen molar-refractivity contribution in [2.45, 2.75) is 32.9 Å². The van der Waals surface area contributed by atoms with Crippen molar-refractivity contribution in [1.29, 1.82) is 0 Å². The van der Waals surface area contributed by atoms with E-state index in [-0.39, 0.29) is 12.5 Å². The molecule has 0 unspecified atom stereocenters. The summed E-state index contributed by atoms with van der Waals surface area (Å²) in [7, 11) is 1.36. The zero-order valence-electron chi connectivity index (χ0n) is 15.5. The summed E-state index contributed by atoms with van der Waals surface area (Å²) in [5, 5.41) is 0. The van der Waals surface area contributed by atoms with Crippen LogP contribution in [-0.2, 0) is 20.8 Å². The number of nitrogens with zero attached hydrogens (tertiary/aromatic N) is 1. The van der Waals surface area contributed by atoms with Gasteiger partial charge in [-0.25, -0.2) is 4.79 Å². The number of hydrogen-bond donors (Lipinski definition) is 0. The van der Waals surface area contributed by atoms with Crippen molar-refractivity contribution in [2.75, 3.05) is 7.11 Å². The molecule has 0 atom stereocenters. The van der Waals surface area contributed by atoms with Crippen LogP contribution in [0.15, 0.2) is 41.0 Å². The largest absolute Gasteiger partial charge is 0.465 e. The Morgan fingerprint density at radius 1 is 1.19 bits per heavy atom. The Balaban J connectivity index is 2.14. The third-order valence-corrected chi connectivity index (χ3v) is 5.78. The molecule has 2 aromatic heterocycles. The van der Waals surface area contributed by atoms with Crippen molar-refractivity contribution < 1.29 is 19.1 Å². The normalized spacial score (nSPS) is 11.6. The molecule has 3 aromatic rings. The Hall–Kier alpha value is -2.12. The number of methoxy groups -OCH3 is 1. The molecule has 3 rings (SSSR count).